The minimum atomic E-state index is 0.00108. The van der Waals surface area contributed by atoms with Gasteiger partial charge in [0.05, 0.1) is 6.54 Å². The van der Waals surface area contributed by atoms with Crippen molar-refractivity contribution in [3.63, 3.8) is 0 Å². The van der Waals surface area contributed by atoms with Gasteiger partial charge in [-0.15, -0.1) is 0 Å². The number of halogens is 1. The smallest absolute Gasteiger partial charge is 0.0905 e. The SMILES string of the molecule is O=NCC1(C2=CC=C(Cl)CC2)CCNCC1. The third-order valence-corrected chi connectivity index (χ3v) is 4.02. The molecule has 0 aromatic heterocycles. The molecule has 1 N–H and O–H groups in total. The van der Waals surface area contributed by atoms with Gasteiger partial charge in [0.2, 0.25) is 0 Å². The van der Waals surface area contributed by atoms with E-state index in [0.717, 1.165) is 43.8 Å². The minimum absolute atomic E-state index is 0.00108. The molecule has 0 unspecified atom stereocenters. The van der Waals surface area contributed by atoms with Gasteiger partial charge in [-0.2, -0.15) is 4.91 Å². The summed E-state index contributed by atoms with van der Waals surface area (Å²) in [4.78, 5) is 10.6. The lowest BCUT2D eigenvalue weighted by molar-refractivity contribution is 0.255. The van der Waals surface area contributed by atoms with Gasteiger partial charge in [0.25, 0.3) is 0 Å². The zero-order valence-electron chi connectivity index (χ0n) is 9.34. The molecule has 88 valence electrons. The Morgan fingerprint density at radius 1 is 1.31 bits per heavy atom. The number of rotatable bonds is 3. The van der Waals surface area contributed by atoms with Gasteiger partial charge in [0, 0.05) is 10.4 Å². The standard InChI is InChI=1S/C12H17ClN2O/c13-11-3-1-10(2-4-11)12(9-15-16)5-7-14-8-6-12/h1,3,14H,2,4-9H2. The predicted molar refractivity (Wildman–Crippen MR) is 66.5 cm³/mol. The molecule has 0 bridgehead atoms. The lowest BCUT2D eigenvalue weighted by Gasteiger charge is -2.38. The quantitative estimate of drug-likeness (QED) is 0.771. The van der Waals surface area contributed by atoms with Crippen molar-refractivity contribution < 1.29 is 0 Å². The van der Waals surface area contributed by atoms with Crippen molar-refractivity contribution in [2.24, 2.45) is 10.6 Å². The van der Waals surface area contributed by atoms with Crippen LogP contribution in [-0.2, 0) is 0 Å². The van der Waals surface area contributed by atoms with Crippen molar-refractivity contribution in [1.82, 2.24) is 5.32 Å². The summed E-state index contributed by atoms with van der Waals surface area (Å²) in [6.45, 7) is 2.36. The third-order valence-electron chi connectivity index (χ3n) is 3.71. The van der Waals surface area contributed by atoms with Crippen LogP contribution in [0.15, 0.2) is 27.9 Å². The summed E-state index contributed by atoms with van der Waals surface area (Å²) in [6, 6.07) is 0. The second-order valence-electron chi connectivity index (χ2n) is 4.62. The van der Waals surface area contributed by atoms with Crippen LogP contribution in [0, 0.1) is 10.3 Å². The molecule has 2 rings (SSSR count). The van der Waals surface area contributed by atoms with E-state index in [0.29, 0.717) is 6.54 Å². The van der Waals surface area contributed by atoms with Gasteiger partial charge in [0.15, 0.2) is 0 Å². The fourth-order valence-electron chi connectivity index (χ4n) is 2.66. The average Bonchev–Trinajstić information content (AvgIpc) is 2.31. The van der Waals surface area contributed by atoms with E-state index in [9.17, 15) is 4.91 Å². The Hall–Kier alpha value is -0.670. The summed E-state index contributed by atoms with van der Waals surface area (Å²) >= 11 is 5.96. The van der Waals surface area contributed by atoms with Gasteiger partial charge in [-0.05, 0) is 44.8 Å². The van der Waals surface area contributed by atoms with Gasteiger partial charge in [0.1, 0.15) is 0 Å². The van der Waals surface area contributed by atoms with Crippen molar-refractivity contribution in [3.05, 3.63) is 27.7 Å². The zero-order chi connectivity index (χ0) is 11.4. The number of nitrogens with one attached hydrogen (secondary N) is 1. The predicted octanol–water partition coefficient (Wildman–Crippen LogP) is 2.97. The highest BCUT2D eigenvalue weighted by Gasteiger charge is 2.36. The Labute approximate surface area is 101 Å². The van der Waals surface area contributed by atoms with Crippen molar-refractivity contribution in [2.75, 3.05) is 19.6 Å². The summed E-state index contributed by atoms with van der Waals surface area (Å²) in [5.74, 6) is 0. The Morgan fingerprint density at radius 2 is 2.06 bits per heavy atom. The highest BCUT2D eigenvalue weighted by molar-refractivity contribution is 6.29. The molecule has 0 atom stereocenters. The van der Waals surface area contributed by atoms with Crippen LogP contribution in [0.1, 0.15) is 25.7 Å². The van der Waals surface area contributed by atoms with E-state index in [1.807, 2.05) is 6.08 Å². The normalized spacial score (nSPS) is 24.6. The molecule has 1 aliphatic heterocycles. The molecule has 2 aliphatic rings. The molecule has 16 heavy (non-hydrogen) atoms. The molecule has 0 spiro atoms. The van der Waals surface area contributed by atoms with E-state index in [1.165, 1.54) is 5.57 Å². The van der Waals surface area contributed by atoms with Crippen LogP contribution in [0.2, 0.25) is 0 Å². The molecular weight excluding hydrogens is 224 g/mol. The number of allylic oxidation sites excluding steroid dienone is 3. The number of hydrogen-bond donors (Lipinski definition) is 1. The molecule has 0 aromatic rings. The zero-order valence-corrected chi connectivity index (χ0v) is 10.1. The Bertz CT molecular complexity index is 330. The largest absolute Gasteiger partial charge is 0.317 e. The molecule has 3 nitrogen and oxygen atoms in total. The van der Waals surface area contributed by atoms with E-state index < -0.39 is 0 Å². The van der Waals surface area contributed by atoms with Crippen molar-refractivity contribution in [1.29, 1.82) is 0 Å². The average molecular weight is 241 g/mol. The topological polar surface area (TPSA) is 41.5 Å². The van der Waals surface area contributed by atoms with Crippen LogP contribution < -0.4 is 5.32 Å². The molecule has 1 heterocycles. The fraction of sp³-hybridized carbons (Fsp3) is 0.667. The lowest BCUT2D eigenvalue weighted by atomic mass is 9.70. The maximum atomic E-state index is 10.6. The monoisotopic (exact) mass is 240 g/mol. The maximum absolute atomic E-state index is 10.6. The summed E-state index contributed by atoms with van der Waals surface area (Å²) in [7, 11) is 0. The maximum Gasteiger partial charge on any atom is 0.0905 e. The minimum Gasteiger partial charge on any atom is -0.317 e. The van der Waals surface area contributed by atoms with Gasteiger partial charge < -0.3 is 5.32 Å². The number of piperidine rings is 1. The van der Waals surface area contributed by atoms with Gasteiger partial charge in [-0.1, -0.05) is 28.4 Å². The molecule has 4 heteroatoms. The molecule has 1 fully saturated rings. The van der Waals surface area contributed by atoms with Crippen LogP contribution in [0.25, 0.3) is 0 Å². The first-order chi connectivity index (χ1) is 7.77. The van der Waals surface area contributed by atoms with Crippen LogP contribution in [0.4, 0.5) is 0 Å². The Balaban J connectivity index is 2.21. The van der Waals surface area contributed by atoms with E-state index in [2.05, 4.69) is 16.6 Å². The first-order valence-electron chi connectivity index (χ1n) is 5.82. The van der Waals surface area contributed by atoms with Crippen LogP contribution in [-0.4, -0.2) is 19.6 Å². The molecule has 0 saturated carbocycles. The van der Waals surface area contributed by atoms with Crippen molar-refractivity contribution in [3.8, 4) is 0 Å². The molecule has 1 aliphatic carbocycles. The summed E-state index contributed by atoms with van der Waals surface area (Å²) < 4.78 is 0. The van der Waals surface area contributed by atoms with Crippen LogP contribution >= 0.6 is 11.6 Å². The summed E-state index contributed by atoms with van der Waals surface area (Å²) in [5.41, 5.74) is 1.36. The number of hydrogen-bond acceptors (Lipinski definition) is 3. The van der Waals surface area contributed by atoms with Crippen molar-refractivity contribution >= 4 is 11.6 Å². The van der Waals surface area contributed by atoms with Gasteiger partial charge >= 0.3 is 0 Å². The molecule has 0 radical (unpaired) electrons. The Kier molecular flexibility index (Phi) is 3.77. The highest BCUT2D eigenvalue weighted by Crippen LogP contribution is 2.41. The van der Waals surface area contributed by atoms with Crippen LogP contribution in [0.5, 0.6) is 0 Å². The molecular formula is C12H17ClN2O. The van der Waals surface area contributed by atoms with Gasteiger partial charge in [-0.3, -0.25) is 0 Å². The van der Waals surface area contributed by atoms with Crippen LogP contribution in [0.3, 0.4) is 0 Å². The highest BCUT2D eigenvalue weighted by atomic mass is 35.5. The van der Waals surface area contributed by atoms with E-state index in [1.54, 1.807) is 0 Å². The second-order valence-corrected chi connectivity index (χ2v) is 5.11. The third kappa shape index (κ3) is 2.36. The van der Waals surface area contributed by atoms with Gasteiger partial charge in [-0.25, -0.2) is 0 Å². The molecule has 0 aromatic carbocycles. The Morgan fingerprint density at radius 3 is 2.62 bits per heavy atom. The number of nitroso groups, excluding NO2 is 1. The second kappa shape index (κ2) is 5.11. The van der Waals surface area contributed by atoms with E-state index in [-0.39, 0.29) is 5.41 Å². The van der Waals surface area contributed by atoms with E-state index in [4.69, 9.17) is 11.6 Å². The van der Waals surface area contributed by atoms with E-state index >= 15 is 0 Å². The fourth-order valence-corrected chi connectivity index (χ4v) is 2.82. The number of nitrogens with zero attached hydrogens (tertiary/aromatic N) is 1. The van der Waals surface area contributed by atoms with Crippen molar-refractivity contribution in [2.45, 2.75) is 25.7 Å². The summed E-state index contributed by atoms with van der Waals surface area (Å²) in [5, 5.41) is 7.40. The first kappa shape index (κ1) is 11.8. The molecule has 0 amide bonds. The summed E-state index contributed by atoms with van der Waals surface area (Å²) in [6.07, 6.45) is 7.97. The molecule has 1 saturated heterocycles. The lowest BCUT2D eigenvalue weighted by Crippen LogP contribution is -2.40. The first-order valence-corrected chi connectivity index (χ1v) is 6.20.